The van der Waals surface area contributed by atoms with Crippen molar-refractivity contribution < 1.29 is 13.6 Å². The number of rotatable bonds is 8. The lowest BCUT2D eigenvalue weighted by Crippen LogP contribution is -2.14. The van der Waals surface area contributed by atoms with E-state index < -0.39 is 11.6 Å². The number of nitrogens with one attached hydrogen (secondary N) is 1. The van der Waals surface area contributed by atoms with Crippen molar-refractivity contribution in [2.45, 2.75) is 12.8 Å². The Morgan fingerprint density at radius 1 is 1.03 bits per heavy atom. The summed E-state index contributed by atoms with van der Waals surface area (Å²) in [5.74, 6) is -1.18. The molecule has 168 valence electrons. The number of Topliss-reactive ketones (excluding diaryl/α,β-unsaturated/α-hetero) is 1. The van der Waals surface area contributed by atoms with Crippen LogP contribution in [0.25, 0.3) is 22.3 Å². The molecule has 0 spiro atoms. The molecule has 0 atom stereocenters. The summed E-state index contributed by atoms with van der Waals surface area (Å²) >= 11 is 0. The van der Waals surface area contributed by atoms with Crippen molar-refractivity contribution in [2.24, 2.45) is 0 Å². The molecule has 33 heavy (non-hydrogen) atoms. The summed E-state index contributed by atoms with van der Waals surface area (Å²) in [7, 11) is 3.93. The second kappa shape index (κ2) is 9.79. The first-order valence-corrected chi connectivity index (χ1v) is 10.5. The smallest absolute Gasteiger partial charge is 0.181 e. The molecular formula is C25H23F2N5O. The molecule has 0 bridgehead atoms. The van der Waals surface area contributed by atoms with Crippen LogP contribution in [0.1, 0.15) is 23.3 Å². The van der Waals surface area contributed by atoms with Crippen molar-refractivity contribution in [2.75, 3.05) is 26.0 Å². The highest BCUT2D eigenvalue weighted by Crippen LogP contribution is 2.31. The van der Waals surface area contributed by atoms with Crippen molar-refractivity contribution in [3.8, 4) is 11.3 Å². The number of anilines is 2. The Labute approximate surface area is 190 Å². The molecule has 0 aliphatic heterocycles. The predicted molar refractivity (Wildman–Crippen MR) is 125 cm³/mol. The second-order valence-corrected chi connectivity index (χ2v) is 7.94. The van der Waals surface area contributed by atoms with Gasteiger partial charge in [0.25, 0.3) is 0 Å². The SMILES string of the molecule is CN(C)CCCC(=O)c1cc(Nc2cc(-c3cc(F)ccc3F)nc3ncccc23)ccn1. The van der Waals surface area contributed by atoms with Crippen LogP contribution in [-0.2, 0) is 0 Å². The molecule has 0 aliphatic rings. The third kappa shape index (κ3) is 5.35. The Kier molecular flexibility index (Phi) is 6.65. The summed E-state index contributed by atoms with van der Waals surface area (Å²) < 4.78 is 28.2. The van der Waals surface area contributed by atoms with Crippen LogP contribution in [-0.4, -0.2) is 46.3 Å². The standard InChI is InChI=1S/C25H23F2N5O/c1-32(2)12-4-6-24(33)23-14-17(9-11-28-23)30-21-15-22(19-13-16(26)7-8-20(19)27)31-25-18(21)5-3-10-29-25/h3,5,7-11,13-15H,4,6,12H2,1-2H3,(H,28,29,30,31). The van der Waals surface area contributed by atoms with Gasteiger partial charge >= 0.3 is 0 Å². The van der Waals surface area contributed by atoms with Crippen molar-refractivity contribution in [1.29, 1.82) is 0 Å². The van der Waals surface area contributed by atoms with E-state index in [1.165, 1.54) is 0 Å². The Morgan fingerprint density at radius 2 is 1.88 bits per heavy atom. The number of carbonyl (C=O) groups is 1. The lowest BCUT2D eigenvalue weighted by Gasteiger charge is -2.13. The molecule has 0 amide bonds. The fourth-order valence-corrected chi connectivity index (χ4v) is 3.49. The van der Waals surface area contributed by atoms with Gasteiger partial charge in [-0.2, -0.15) is 0 Å². The molecule has 0 aliphatic carbocycles. The molecule has 0 fully saturated rings. The fraction of sp³-hybridized carbons (Fsp3) is 0.200. The van der Waals surface area contributed by atoms with Crippen molar-refractivity contribution in [3.05, 3.63) is 78.3 Å². The van der Waals surface area contributed by atoms with Crippen LogP contribution in [0, 0.1) is 11.6 Å². The molecule has 3 aromatic heterocycles. The third-order valence-corrected chi connectivity index (χ3v) is 5.12. The Bertz CT molecular complexity index is 1310. The van der Waals surface area contributed by atoms with Gasteiger partial charge in [-0.3, -0.25) is 9.78 Å². The van der Waals surface area contributed by atoms with Gasteiger partial charge in [-0.05, 0) is 75.6 Å². The number of ketones is 1. The van der Waals surface area contributed by atoms with Crippen molar-refractivity contribution >= 4 is 28.2 Å². The first-order chi connectivity index (χ1) is 15.9. The highest BCUT2D eigenvalue weighted by Gasteiger charge is 2.14. The number of pyridine rings is 3. The van der Waals surface area contributed by atoms with Crippen LogP contribution in [0.3, 0.4) is 0 Å². The zero-order chi connectivity index (χ0) is 23.4. The van der Waals surface area contributed by atoms with E-state index in [0.717, 1.165) is 31.2 Å². The largest absolute Gasteiger partial charge is 0.355 e. The molecule has 1 N–H and O–H groups in total. The maximum Gasteiger partial charge on any atom is 0.181 e. The highest BCUT2D eigenvalue weighted by atomic mass is 19.1. The molecule has 3 heterocycles. The molecule has 1 aromatic carbocycles. The molecule has 4 rings (SSSR count). The lowest BCUT2D eigenvalue weighted by atomic mass is 10.1. The van der Waals surface area contributed by atoms with Crippen LogP contribution in [0.15, 0.2) is 60.9 Å². The van der Waals surface area contributed by atoms with E-state index in [9.17, 15) is 13.6 Å². The number of fused-ring (bicyclic) bond motifs is 1. The summed E-state index contributed by atoms with van der Waals surface area (Å²) in [6.45, 7) is 0.819. The number of hydrogen-bond acceptors (Lipinski definition) is 6. The minimum Gasteiger partial charge on any atom is -0.355 e. The first-order valence-electron chi connectivity index (χ1n) is 10.5. The van der Waals surface area contributed by atoms with Gasteiger partial charge in [-0.1, -0.05) is 0 Å². The minimum absolute atomic E-state index is 0.0377. The molecule has 8 heteroatoms. The fourth-order valence-electron chi connectivity index (χ4n) is 3.49. The van der Waals surface area contributed by atoms with Gasteiger partial charge < -0.3 is 10.2 Å². The van der Waals surface area contributed by atoms with Crippen molar-refractivity contribution in [1.82, 2.24) is 19.9 Å². The monoisotopic (exact) mass is 447 g/mol. The molecule has 0 unspecified atom stereocenters. The number of aromatic nitrogens is 3. The van der Waals surface area contributed by atoms with Crippen LogP contribution in [0.2, 0.25) is 0 Å². The van der Waals surface area contributed by atoms with E-state index in [4.69, 9.17) is 0 Å². The lowest BCUT2D eigenvalue weighted by molar-refractivity contribution is 0.0972. The Hall–Kier alpha value is -3.78. The molecular weight excluding hydrogens is 424 g/mol. The number of halogens is 2. The maximum atomic E-state index is 14.4. The zero-order valence-corrected chi connectivity index (χ0v) is 18.3. The van der Waals surface area contributed by atoms with Gasteiger partial charge in [0, 0.05) is 35.5 Å². The zero-order valence-electron chi connectivity index (χ0n) is 18.3. The number of hydrogen-bond donors (Lipinski definition) is 1. The summed E-state index contributed by atoms with van der Waals surface area (Å²) in [6.07, 6.45) is 4.30. The highest BCUT2D eigenvalue weighted by molar-refractivity contribution is 5.96. The van der Waals surface area contributed by atoms with Crippen LogP contribution < -0.4 is 5.32 Å². The van der Waals surface area contributed by atoms with Gasteiger partial charge in [-0.15, -0.1) is 0 Å². The average molecular weight is 447 g/mol. The summed E-state index contributed by atoms with van der Waals surface area (Å²) in [4.78, 5) is 27.5. The molecule has 6 nitrogen and oxygen atoms in total. The topological polar surface area (TPSA) is 71.0 Å². The van der Waals surface area contributed by atoms with E-state index in [1.54, 1.807) is 36.7 Å². The van der Waals surface area contributed by atoms with Gasteiger partial charge in [0.1, 0.15) is 17.3 Å². The number of benzene rings is 1. The van der Waals surface area contributed by atoms with E-state index >= 15 is 0 Å². The van der Waals surface area contributed by atoms with E-state index in [2.05, 4.69) is 20.3 Å². The predicted octanol–water partition coefficient (Wildman–Crippen LogP) is 5.24. The molecule has 0 saturated heterocycles. The van der Waals surface area contributed by atoms with Crippen LogP contribution in [0.4, 0.5) is 20.2 Å². The van der Waals surface area contributed by atoms with E-state index in [-0.39, 0.29) is 17.0 Å². The van der Waals surface area contributed by atoms with Gasteiger partial charge in [0.15, 0.2) is 11.4 Å². The quantitative estimate of drug-likeness (QED) is 0.373. The Morgan fingerprint density at radius 3 is 2.70 bits per heavy atom. The first kappa shape index (κ1) is 22.4. The van der Waals surface area contributed by atoms with Crippen LogP contribution >= 0.6 is 0 Å². The minimum atomic E-state index is -0.584. The summed E-state index contributed by atoms with van der Waals surface area (Å²) in [6, 6.07) is 11.9. The van der Waals surface area contributed by atoms with E-state index in [1.807, 2.05) is 25.1 Å². The van der Waals surface area contributed by atoms with Gasteiger partial charge in [0.05, 0.1) is 11.4 Å². The van der Waals surface area contributed by atoms with Crippen LogP contribution in [0.5, 0.6) is 0 Å². The summed E-state index contributed by atoms with van der Waals surface area (Å²) in [5, 5.41) is 3.97. The normalized spacial score (nSPS) is 11.2. The average Bonchev–Trinajstić information content (AvgIpc) is 2.80. The van der Waals surface area contributed by atoms with E-state index in [0.29, 0.717) is 34.5 Å². The maximum absolute atomic E-state index is 14.4. The number of nitrogens with zero attached hydrogens (tertiary/aromatic N) is 4. The van der Waals surface area contributed by atoms with Gasteiger partial charge in [0.2, 0.25) is 0 Å². The molecule has 4 aromatic rings. The van der Waals surface area contributed by atoms with Crippen molar-refractivity contribution in [3.63, 3.8) is 0 Å². The molecule has 0 radical (unpaired) electrons. The number of carbonyl (C=O) groups excluding carboxylic acids is 1. The summed E-state index contributed by atoms with van der Waals surface area (Å²) in [5.41, 5.74) is 2.28. The second-order valence-electron chi connectivity index (χ2n) is 7.94. The Balaban J connectivity index is 1.68. The molecule has 0 saturated carbocycles. The van der Waals surface area contributed by atoms with Gasteiger partial charge in [-0.25, -0.2) is 18.7 Å². The third-order valence-electron chi connectivity index (χ3n) is 5.12.